The van der Waals surface area contributed by atoms with Gasteiger partial charge in [0.1, 0.15) is 23.9 Å². The van der Waals surface area contributed by atoms with Crippen molar-refractivity contribution in [2.75, 3.05) is 27.3 Å². The van der Waals surface area contributed by atoms with E-state index in [0.29, 0.717) is 0 Å². The number of nitriles is 1. The molecule has 0 fully saturated rings. The second-order valence-corrected chi connectivity index (χ2v) is 6.50. The van der Waals surface area contributed by atoms with E-state index in [0.717, 1.165) is 28.4 Å². The van der Waals surface area contributed by atoms with Gasteiger partial charge in [-0.25, -0.2) is 0 Å². The highest BCUT2D eigenvalue weighted by atomic mass is 16.5. The molecule has 0 bridgehead atoms. The highest BCUT2D eigenvalue weighted by molar-refractivity contribution is 6.02. The minimum absolute atomic E-state index is 0.0493. The number of benzene rings is 1. The number of nitrogens with zero attached hydrogens (tertiary/aromatic N) is 3. The largest absolute Gasteiger partial charge is 0.497 e. The maximum Gasteiger partial charge on any atom is 0.325 e. The van der Waals surface area contributed by atoms with Gasteiger partial charge in [0.05, 0.1) is 13.7 Å². The zero-order chi connectivity index (χ0) is 21.6. The monoisotopic (exact) mass is 395 g/mol. The lowest BCUT2D eigenvalue weighted by Gasteiger charge is -2.15. The number of rotatable bonds is 7. The van der Waals surface area contributed by atoms with Gasteiger partial charge < -0.3 is 18.9 Å². The van der Waals surface area contributed by atoms with Crippen molar-refractivity contribution in [1.29, 1.82) is 5.26 Å². The van der Waals surface area contributed by atoms with Crippen LogP contribution in [0.1, 0.15) is 23.9 Å². The van der Waals surface area contributed by atoms with Gasteiger partial charge in [-0.2, -0.15) is 5.26 Å². The second kappa shape index (κ2) is 9.60. The number of amides is 1. The molecule has 7 nitrogen and oxygen atoms in total. The van der Waals surface area contributed by atoms with Crippen LogP contribution in [-0.2, 0) is 14.3 Å². The minimum Gasteiger partial charge on any atom is -0.497 e. The summed E-state index contributed by atoms with van der Waals surface area (Å²) in [4.78, 5) is 25.3. The Morgan fingerprint density at radius 3 is 2.45 bits per heavy atom. The molecule has 0 N–H and O–H groups in total. The first-order chi connectivity index (χ1) is 13.8. The summed E-state index contributed by atoms with van der Waals surface area (Å²) in [5.74, 6) is -0.286. The molecule has 0 atom stereocenters. The number of carbonyl (C=O) groups is 2. The fourth-order valence-electron chi connectivity index (χ4n) is 3.04. The van der Waals surface area contributed by atoms with Crippen molar-refractivity contribution in [3.63, 3.8) is 0 Å². The van der Waals surface area contributed by atoms with Gasteiger partial charge in [0.2, 0.25) is 0 Å². The van der Waals surface area contributed by atoms with Gasteiger partial charge in [-0.3, -0.25) is 9.59 Å². The quantitative estimate of drug-likeness (QED) is 0.409. The summed E-state index contributed by atoms with van der Waals surface area (Å²) in [5.41, 5.74) is 3.51. The maximum atomic E-state index is 12.6. The lowest BCUT2D eigenvalue weighted by Crippen LogP contribution is -2.33. The van der Waals surface area contributed by atoms with E-state index in [1.54, 1.807) is 20.1 Å². The highest BCUT2D eigenvalue weighted by Crippen LogP contribution is 2.24. The Labute approximate surface area is 170 Å². The van der Waals surface area contributed by atoms with E-state index in [4.69, 9.17) is 9.47 Å². The number of likely N-dealkylation sites (N-methyl/N-ethyl adjacent to an activating group) is 1. The SMILES string of the molecule is CCOC(=O)CN(C)C(=O)C(C#N)=Cc1cc(C)n(-c2ccc(OC)cc2)c1C. The van der Waals surface area contributed by atoms with Crippen molar-refractivity contribution in [1.82, 2.24) is 9.47 Å². The third-order valence-corrected chi connectivity index (χ3v) is 4.47. The Kier molecular flexibility index (Phi) is 7.21. The van der Waals surface area contributed by atoms with E-state index in [9.17, 15) is 14.9 Å². The molecule has 7 heteroatoms. The third kappa shape index (κ3) is 5.05. The summed E-state index contributed by atoms with van der Waals surface area (Å²) < 4.78 is 12.1. The zero-order valence-electron chi connectivity index (χ0n) is 17.4. The Hall–Kier alpha value is -3.53. The number of hydrogen-bond acceptors (Lipinski definition) is 5. The first kappa shape index (κ1) is 21.8. The van der Waals surface area contributed by atoms with Crippen molar-refractivity contribution in [2.45, 2.75) is 20.8 Å². The van der Waals surface area contributed by atoms with Crippen molar-refractivity contribution >= 4 is 18.0 Å². The van der Waals surface area contributed by atoms with Gasteiger partial charge in [0.25, 0.3) is 5.91 Å². The van der Waals surface area contributed by atoms with E-state index in [2.05, 4.69) is 0 Å². The number of ether oxygens (including phenoxy) is 2. The molecule has 0 aliphatic rings. The number of esters is 1. The third-order valence-electron chi connectivity index (χ3n) is 4.47. The van der Waals surface area contributed by atoms with Crippen LogP contribution < -0.4 is 4.74 Å². The second-order valence-electron chi connectivity index (χ2n) is 6.50. The molecule has 0 saturated heterocycles. The average Bonchev–Trinajstić information content (AvgIpc) is 2.98. The van der Waals surface area contributed by atoms with Crippen LogP contribution in [-0.4, -0.2) is 48.7 Å². The predicted molar refractivity (Wildman–Crippen MR) is 110 cm³/mol. The lowest BCUT2D eigenvalue weighted by molar-refractivity contribution is -0.147. The van der Waals surface area contributed by atoms with Crippen molar-refractivity contribution in [3.8, 4) is 17.5 Å². The number of aromatic nitrogens is 1. The topological polar surface area (TPSA) is 84.6 Å². The molecule has 0 saturated carbocycles. The van der Waals surface area contributed by atoms with Crippen LogP contribution in [0.2, 0.25) is 0 Å². The summed E-state index contributed by atoms with van der Waals surface area (Å²) in [7, 11) is 3.08. The smallest absolute Gasteiger partial charge is 0.325 e. The molecule has 0 unspecified atom stereocenters. The molecule has 0 spiro atoms. The number of methoxy groups -OCH3 is 1. The average molecular weight is 395 g/mol. The first-order valence-electron chi connectivity index (χ1n) is 9.18. The van der Waals surface area contributed by atoms with Crippen LogP contribution in [0, 0.1) is 25.2 Å². The molecule has 2 aromatic rings. The van der Waals surface area contributed by atoms with Gasteiger partial charge >= 0.3 is 5.97 Å². The number of hydrogen-bond donors (Lipinski definition) is 0. The van der Waals surface area contributed by atoms with Gasteiger partial charge in [-0.15, -0.1) is 0 Å². The normalized spacial score (nSPS) is 11.0. The molecule has 29 heavy (non-hydrogen) atoms. The summed E-state index contributed by atoms with van der Waals surface area (Å²) in [6, 6.07) is 11.5. The molecule has 152 valence electrons. The van der Waals surface area contributed by atoms with E-state index in [1.807, 2.05) is 54.8 Å². The summed E-state index contributed by atoms with van der Waals surface area (Å²) in [6.45, 7) is 5.59. The highest BCUT2D eigenvalue weighted by Gasteiger charge is 2.19. The van der Waals surface area contributed by atoms with E-state index in [1.165, 1.54) is 11.9 Å². The molecular weight excluding hydrogens is 370 g/mol. The Morgan fingerprint density at radius 1 is 1.24 bits per heavy atom. The number of carbonyl (C=O) groups excluding carboxylic acids is 2. The van der Waals surface area contributed by atoms with Gasteiger partial charge in [-0.1, -0.05) is 0 Å². The molecule has 2 rings (SSSR count). The zero-order valence-corrected chi connectivity index (χ0v) is 17.4. The van der Waals surface area contributed by atoms with Gasteiger partial charge in [0.15, 0.2) is 0 Å². The van der Waals surface area contributed by atoms with Crippen LogP contribution in [0.25, 0.3) is 11.8 Å². The standard InChI is InChI=1S/C22H25N3O4/c1-6-29-21(26)14-24(4)22(27)18(13-23)12-17-11-15(2)25(16(17)3)19-7-9-20(28-5)10-8-19/h7-12H,6,14H2,1-5H3. The van der Waals surface area contributed by atoms with Crippen molar-refractivity contribution < 1.29 is 19.1 Å². The lowest BCUT2D eigenvalue weighted by atomic mass is 10.1. The predicted octanol–water partition coefficient (Wildman–Crippen LogP) is 3.03. The van der Waals surface area contributed by atoms with E-state index < -0.39 is 11.9 Å². The molecule has 1 aromatic heterocycles. The van der Waals surface area contributed by atoms with Crippen molar-refractivity contribution in [3.05, 3.63) is 52.9 Å². The molecule has 1 aromatic carbocycles. The number of aryl methyl sites for hydroxylation is 1. The molecular formula is C22H25N3O4. The van der Waals surface area contributed by atoms with Crippen LogP contribution >= 0.6 is 0 Å². The van der Waals surface area contributed by atoms with Crippen LogP contribution in [0.15, 0.2) is 35.9 Å². The fraction of sp³-hybridized carbons (Fsp3) is 0.318. The molecule has 0 radical (unpaired) electrons. The van der Waals surface area contributed by atoms with Crippen LogP contribution in [0.5, 0.6) is 5.75 Å². The summed E-state index contributed by atoms with van der Waals surface area (Å²) in [5, 5.41) is 9.48. The molecule has 1 amide bonds. The first-order valence-corrected chi connectivity index (χ1v) is 9.18. The van der Waals surface area contributed by atoms with Crippen molar-refractivity contribution in [2.24, 2.45) is 0 Å². The van der Waals surface area contributed by atoms with E-state index in [-0.39, 0.29) is 18.7 Å². The van der Waals surface area contributed by atoms with Crippen LogP contribution in [0.3, 0.4) is 0 Å². The Morgan fingerprint density at radius 2 is 1.90 bits per heavy atom. The summed E-state index contributed by atoms with van der Waals surface area (Å²) in [6.07, 6.45) is 1.55. The minimum atomic E-state index is -0.533. The molecule has 1 heterocycles. The molecule has 0 aliphatic heterocycles. The fourth-order valence-corrected chi connectivity index (χ4v) is 3.04. The summed E-state index contributed by atoms with van der Waals surface area (Å²) >= 11 is 0. The maximum absolute atomic E-state index is 12.6. The van der Waals surface area contributed by atoms with E-state index >= 15 is 0 Å². The Bertz CT molecular complexity index is 965. The van der Waals surface area contributed by atoms with Gasteiger partial charge in [-0.05, 0) is 62.7 Å². The van der Waals surface area contributed by atoms with Crippen LogP contribution in [0.4, 0.5) is 0 Å². The van der Waals surface area contributed by atoms with Gasteiger partial charge in [0, 0.05) is 24.1 Å². The molecule has 0 aliphatic carbocycles. The Balaban J connectivity index is 2.33.